The highest BCUT2D eigenvalue weighted by Gasteiger charge is 2.13. The molecule has 9 heteroatoms. The Bertz CT molecular complexity index is 868. The number of unbranched alkanes of at least 4 members (excludes halogenated alkanes) is 1. The number of esters is 1. The molecular weight excluding hydrogens is 380 g/mol. The van der Waals surface area contributed by atoms with E-state index >= 15 is 0 Å². The summed E-state index contributed by atoms with van der Waals surface area (Å²) in [6.45, 7) is 2.89. The molecule has 28 heavy (non-hydrogen) atoms. The average Bonchev–Trinajstić information content (AvgIpc) is 2.69. The van der Waals surface area contributed by atoms with Crippen LogP contribution in [0, 0.1) is 10.1 Å². The summed E-state index contributed by atoms with van der Waals surface area (Å²) in [5.41, 5.74) is 3.43. The summed E-state index contributed by atoms with van der Waals surface area (Å²) < 4.78 is 5.24. The summed E-state index contributed by atoms with van der Waals surface area (Å²) in [5, 5.41) is 18.3. The van der Waals surface area contributed by atoms with Gasteiger partial charge in [0.05, 0.1) is 16.7 Å². The van der Waals surface area contributed by atoms with E-state index < -0.39 is 10.9 Å². The molecule has 0 amide bonds. The molecule has 0 radical (unpaired) electrons. The topological polar surface area (TPSA) is 106 Å². The van der Waals surface area contributed by atoms with E-state index in [9.17, 15) is 14.9 Å². The molecule has 0 saturated carbocycles. The van der Waals surface area contributed by atoms with E-state index in [2.05, 4.69) is 22.8 Å². The average molecular weight is 400 g/mol. The first kappa shape index (κ1) is 21.0. The molecule has 0 fully saturated rings. The van der Waals surface area contributed by atoms with E-state index in [1.165, 1.54) is 24.3 Å². The maximum Gasteiger partial charge on any atom is 0.343 e. The van der Waals surface area contributed by atoms with E-state index in [-0.39, 0.29) is 11.3 Å². The molecule has 0 unspecified atom stereocenters. The van der Waals surface area contributed by atoms with Gasteiger partial charge < -0.3 is 10.1 Å². The maximum atomic E-state index is 12.1. The maximum absolute atomic E-state index is 12.1. The summed E-state index contributed by atoms with van der Waals surface area (Å²) in [7, 11) is 0. The predicted octanol–water partition coefficient (Wildman–Crippen LogP) is 3.41. The number of rotatable bonds is 8. The Hall–Kier alpha value is -3.33. The Morgan fingerprint density at radius 2 is 2.04 bits per heavy atom. The lowest BCUT2D eigenvalue weighted by Gasteiger charge is -2.06. The molecule has 0 spiro atoms. The highest BCUT2D eigenvalue weighted by molar-refractivity contribution is 7.80. The van der Waals surface area contributed by atoms with E-state index in [0.29, 0.717) is 10.9 Å². The molecule has 0 saturated heterocycles. The first-order chi connectivity index (χ1) is 13.5. The van der Waals surface area contributed by atoms with Gasteiger partial charge in [-0.05, 0) is 54.5 Å². The minimum Gasteiger partial charge on any atom is -0.423 e. The third kappa shape index (κ3) is 6.76. The number of nitro groups is 1. The molecule has 0 aliphatic rings. The van der Waals surface area contributed by atoms with Crippen molar-refractivity contribution in [3.8, 4) is 5.75 Å². The van der Waals surface area contributed by atoms with Crippen molar-refractivity contribution in [3.63, 3.8) is 0 Å². The Kier molecular flexibility index (Phi) is 8.04. The SMILES string of the molecule is CCCCNC(=S)N/N=C\c1ccc(OC(=O)c2cccc([N+](=O)[O-])c2)cc1. The minimum atomic E-state index is -0.671. The van der Waals surface area contributed by atoms with Crippen molar-refractivity contribution < 1.29 is 14.5 Å². The van der Waals surface area contributed by atoms with Crippen LogP contribution in [-0.4, -0.2) is 28.8 Å². The highest BCUT2D eigenvalue weighted by Crippen LogP contribution is 2.17. The van der Waals surface area contributed by atoms with Crippen LogP contribution < -0.4 is 15.5 Å². The molecule has 0 aliphatic heterocycles. The van der Waals surface area contributed by atoms with Crippen LogP contribution in [0.15, 0.2) is 53.6 Å². The van der Waals surface area contributed by atoms with Gasteiger partial charge in [0.1, 0.15) is 5.75 Å². The Labute approximate surface area is 167 Å². The number of nitro benzene ring substituents is 1. The molecule has 0 heterocycles. The van der Waals surface area contributed by atoms with Crippen molar-refractivity contribution in [2.24, 2.45) is 5.10 Å². The number of carbonyl (C=O) groups excluding carboxylic acids is 1. The molecule has 0 aliphatic carbocycles. The van der Waals surface area contributed by atoms with E-state index in [1.54, 1.807) is 30.5 Å². The Morgan fingerprint density at radius 3 is 2.71 bits per heavy atom. The molecule has 2 N–H and O–H groups in total. The van der Waals surface area contributed by atoms with Gasteiger partial charge in [0, 0.05) is 18.7 Å². The summed E-state index contributed by atoms with van der Waals surface area (Å²) in [4.78, 5) is 22.4. The van der Waals surface area contributed by atoms with Crippen LogP contribution >= 0.6 is 12.2 Å². The fourth-order valence-electron chi connectivity index (χ4n) is 2.12. The lowest BCUT2D eigenvalue weighted by molar-refractivity contribution is -0.384. The van der Waals surface area contributed by atoms with Crippen LogP contribution in [-0.2, 0) is 0 Å². The van der Waals surface area contributed by atoms with Crippen molar-refractivity contribution in [2.45, 2.75) is 19.8 Å². The smallest absolute Gasteiger partial charge is 0.343 e. The number of nitrogens with zero attached hydrogens (tertiary/aromatic N) is 2. The zero-order valence-corrected chi connectivity index (χ0v) is 16.1. The van der Waals surface area contributed by atoms with Gasteiger partial charge in [0.15, 0.2) is 5.11 Å². The van der Waals surface area contributed by atoms with Crippen molar-refractivity contribution >= 4 is 35.2 Å². The van der Waals surface area contributed by atoms with Gasteiger partial charge in [-0.15, -0.1) is 0 Å². The molecule has 2 aromatic rings. The van der Waals surface area contributed by atoms with Gasteiger partial charge in [-0.25, -0.2) is 4.79 Å². The predicted molar refractivity (Wildman–Crippen MR) is 111 cm³/mol. The zero-order chi connectivity index (χ0) is 20.4. The number of nitrogens with one attached hydrogen (secondary N) is 2. The number of benzene rings is 2. The first-order valence-electron chi connectivity index (χ1n) is 8.63. The molecule has 0 aromatic heterocycles. The minimum absolute atomic E-state index is 0.105. The number of non-ortho nitro benzene ring substituents is 1. The van der Waals surface area contributed by atoms with Crippen molar-refractivity contribution in [1.82, 2.24) is 10.7 Å². The van der Waals surface area contributed by atoms with E-state index in [0.717, 1.165) is 24.9 Å². The number of hydrazone groups is 1. The third-order valence-corrected chi connectivity index (χ3v) is 3.81. The molecule has 0 bridgehead atoms. The molecule has 2 aromatic carbocycles. The summed E-state index contributed by atoms with van der Waals surface area (Å²) in [5.74, 6) is -0.353. The number of ether oxygens (including phenoxy) is 1. The highest BCUT2D eigenvalue weighted by atomic mass is 32.1. The van der Waals surface area contributed by atoms with Gasteiger partial charge >= 0.3 is 5.97 Å². The lowest BCUT2D eigenvalue weighted by Crippen LogP contribution is -2.32. The number of hydrogen-bond donors (Lipinski definition) is 2. The van der Waals surface area contributed by atoms with Crippen molar-refractivity contribution in [2.75, 3.05) is 6.54 Å². The van der Waals surface area contributed by atoms with Gasteiger partial charge in [0.2, 0.25) is 0 Å². The van der Waals surface area contributed by atoms with Gasteiger partial charge in [-0.3, -0.25) is 15.5 Å². The van der Waals surface area contributed by atoms with Crippen LogP contribution in [0.4, 0.5) is 5.69 Å². The summed E-state index contributed by atoms with van der Waals surface area (Å²) >= 11 is 5.09. The monoisotopic (exact) mass is 400 g/mol. The second-order valence-electron chi connectivity index (χ2n) is 5.75. The number of hydrogen-bond acceptors (Lipinski definition) is 6. The van der Waals surface area contributed by atoms with Gasteiger partial charge in [0.25, 0.3) is 5.69 Å². The molecule has 8 nitrogen and oxygen atoms in total. The van der Waals surface area contributed by atoms with Crippen LogP contribution in [0.5, 0.6) is 5.75 Å². The molecule has 0 atom stereocenters. The van der Waals surface area contributed by atoms with Crippen molar-refractivity contribution in [3.05, 3.63) is 69.8 Å². The number of carbonyl (C=O) groups is 1. The van der Waals surface area contributed by atoms with Gasteiger partial charge in [-0.1, -0.05) is 19.4 Å². The number of thiocarbonyl (C=S) groups is 1. The van der Waals surface area contributed by atoms with E-state index in [4.69, 9.17) is 17.0 Å². The lowest BCUT2D eigenvalue weighted by atomic mass is 10.2. The second kappa shape index (κ2) is 10.7. The molecular formula is C19H20N4O4S. The van der Waals surface area contributed by atoms with E-state index in [1.807, 2.05) is 0 Å². The van der Waals surface area contributed by atoms with Crippen molar-refractivity contribution in [1.29, 1.82) is 0 Å². The van der Waals surface area contributed by atoms with Gasteiger partial charge in [-0.2, -0.15) is 5.10 Å². The largest absolute Gasteiger partial charge is 0.423 e. The Balaban J connectivity index is 1.89. The second-order valence-corrected chi connectivity index (χ2v) is 6.15. The summed E-state index contributed by atoms with van der Waals surface area (Å²) in [6, 6.07) is 12.0. The fourth-order valence-corrected chi connectivity index (χ4v) is 2.27. The van der Waals surface area contributed by atoms with Crippen LogP contribution in [0.3, 0.4) is 0 Å². The molecule has 2 rings (SSSR count). The van der Waals surface area contributed by atoms with Crippen LogP contribution in [0.2, 0.25) is 0 Å². The molecule has 146 valence electrons. The Morgan fingerprint density at radius 1 is 1.29 bits per heavy atom. The summed E-state index contributed by atoms with van der Waals surface area (Å²) in [6.07, 6.45) is 3.69. The standard InChI is InChI=1S/C19H20N4O4S/c1-2-3-11-20-19(28)22-21-13-14-7-9-17(10-8-14)27-18(24)15-5-4-6-16(12-15)23(25)26/h4-10,12-13H,2-3,11H2,1H3,(H2,20,22,28)/b21-13-. The normalized spacial score (nSPS) is 10.5. The van der Waals surface area contributed by atoms with Crippen LogP contribution in [0.25, 0.3) is 0 Å². The quantitative estimate of drug-likeness (QED) is 0.133. The third-order valence-electron chi connectivity index (χ3n) is 3.58. The fraction of sp³-hybridized carbons (Fsp3) is 0.211. The first-order valence-corrected chi connectivity index (χ1v) is 9.04. The zero-order valence-electron chi connectivity index (χ0n) is 15.3. The van der Waals surface area contributed by atoms with Crippen LogP contribution in [0.1, 0.15) is 35.7 Å².